The van der Waals surface area contributed by atoms with Gasteiger partial charge in [-0.2, -0.15) is 0 Å². The number of aryl methyl sites for hydroxylation is 1. The quantitative estimate of drug-likeness (QED) is 0.737. The smallest absolute Gasteiger partial charge is 0.315 e. The minimum Gasteiger partial charge on any atom is -0.497 e. The van der Waals surface area contributed by atoms with Gasteiger partial charge in [0.2, 0.25) is 0 Å². The van der Waals surface area contributed by atoms with Crippen LogP contribution in [0.15, 0.2) is 18.2 Å². The molecule has 3 heteroatoms. The molecule has 0 spiro atoms. The van der Waals surface area contributed by atoms with Crippen LogP contribution in [0.4, 0.5) is 0 Å². The Hall–Kier alpha value is -1.51. The van der Waals surface area contributed by atoms with Crippen LogP contribution in [0.25, 0.3) is 0 Å². The summed E-state index contributed by atoms with van der Waals surface area (Å²) in [5.41, 5.74) is 1.35. The van der Waals surface area contributed by atoms with Crippen molar-refractivity contribution in [1.82, 2.24) is 0 Å². The number of esters is 1. The number of hydrogen-bond acceptors (Lipinski definition) is 3. The van der Waals surface area contributed by atoms with Crippen LogP contribution >= 0.6 is 0 Å². The van der Waals surface area contributed by atoms with Crippen molar-refractivity contribution in [3.8, 4) is 5.75 Å². The number of rotatable bonds is 3. The van der Waals surface area contributed by atoms with Crippen LogP contribution in [-0.4, -0.2) is 20.2 Å². The van der Waals surface area contributed by atoms with Gasteiger partial charge in [-0.15, -0.1) is 0 Å². The van der Waals surface area contributed by atoms with Crippen molar-refractivity contribution < 1.29 is 14.3 Å². The molecule has 0 amide bonds. The Bertz CT molecular complexity index is 394. The zero-order chi connectivity index (χ0) is 12.3. The first kappa shape index (κ1) is 12.6. The summed E-state index contributed by atoms with van der Waals surface area (Å²) in [7, 11) is 3.03. The number of ether oxygens (including phenoxy) is 2. The predicted octanol–water partition coefficient (Wildman–Crippen LogP) is 2.45. The van der Waals surface area contributed by atoms with Crippen molar-refractivity contribution in [2.24, 2.45) is 0 Å². The van der Waals surface area contributed by atoms with E-state index in [1.54, 1.807) is 7.11 Å². The molecule has 0 heterocycles. The Morgan fingerprint density at radius 3 is 2.31 bits per heavy atom. The summed E-state index contributed by atoms with van der Waals surface area (Å²) in [4.78, 5) is 11.7. The average Bonchev–Trinajstić information content (AvgIpc) is 2.27. The maximum Gasteiger partial charge on any atom is 0.315 e. The first-order valence-corrected chi connectivity index (χ1v) is 5.17. The van der Waals surface area contributed by atoms with E-state index in [9.17, 15) is 4.79 Å². The summed E-state index contributed by atoms with van der Waals surface area (Å²) in [6.07, 6.45) is 0. The molecule has 3 nitrogen and oxygen atoms in total. The Labute approximate surface area is 96.4 Å². The molecule has 0 saturated heterocycles. The van der Waals surface area contributed by atoms with E-state index in [2.05, 4.69) is 0 Å². The summed E-state index contributed by atoms with van der Waals surface area (Å²) < 4.78 is 9.94. The minimum atomic E-state index is -0.634. The highest BCUT2D eigenvalue weighted by atomic mass is 16.5. The Kier molecular flexibility index (Phi) is 3.58. The van der Waals surface area contributed by atoms with Crippen LogP contribution < -0.4 is 4.74 Å². The van der Waals surface area contributed by atoms with Crippen LogP contribution in [0, 0.1) is 6.92 Å². The zero-order valence-corrected chi connectivity index (χ0v) is 10.5. The molecule has 1 aromatic carbocycles. The van der Waals surface area contributed by atoms with Crippen molar-refractivity contribution in [1.29, 1.82) is 0 Å². The summed E-state index contributed by atoms with van der Waals surface area (Å²) in [5.74, 6) is 0.558. The highest BCUT2D eigenvalue weighted by molar-refractivity contribution is 5.82. The van der Waals surface area contributed by atoms with Crippen LogP contribution in [0.1, 0.15) is 25.0 Å². The van der Waals surface area contributed by atoms with Crippen molar-refractivity contribution in [3.05, 3.63) is 29.3 Å². The Morgan fingerprint density at radius 2 is 1.88 bits per heavy atom. The third kappa shape index (κ3) is 2.18. The van der Waals surface area contributed by atoms with Crippen molar-refractivity contribution in [2.75, 3.05) is 14.2 Å². The van der Waals surface area contributed by atoms with E-state index in [4.69, 9.17) is 9.47 Å². The fourth-order valence-electron chi connectivity index (χ4n) is 1.83. The van der Waals surface area contributed by atoms with E-state index in [0.717, 1.165) is 16.9 Å². The molecular formula is C13H18O3. The fraction of sp³-hybridized carbons (Fsp3) is 0.462. The van der Waals surface area contributed by atoms with E-state index in [1.165, 1.54) is 7.11 Å². The van der Waals surface area contributed by atoms with Gasteiger partial charge in [0.05, 0.1) is 19.6 Å². The molecule has 1 rings (SSSR count). The lowest BCUT2D eigenvalue weighted by Gasteiger charge is -2.24. The second-order valence-corrected chi connectivity index (χ2v) is 4.30. The maximum atomic E-state index is 11.7. The fourth-order valence-corrected chi connectivity index (χ4v) is 1.83. The summed E-state index contributed by atoms with van der Waals surface area (Å²) in [5, 5.41) is 0. The number of hydrogen-bond donors (Lipinski definition) is 0. The third-order valence-corrected chi connectivity index (χ3v) is 2.80. The van der Waals surface area contributed by atoms with Gasteiger partial charge in [0, 0.05) is 0 Å². The van der Waals surface area contributed by atoms with Gasteiger partial charge >= 0.3 is 5.97 Å². The summed E-state index contributed by atoms with van der Waals surface area (Å²) >= 11 is 0. The highest BCUT2D eigenvalue weighted by Gasteiger charge is 2.32. The predicted molar refractivity (Wildman–Crippen MR) is 62.8 cm³/mol. The van der Waals surface area contributed by atoms with Gasteiger partial charge in [-0.05, 0) is 44.0 Å². The molecule has 0 radical (unpaired) electrons. The largest absolute Gasteiger partial charge is 0.497 e. The molecule has 0 aliphatic heterocycles. The van der Waals surface area contributed by atoms with Gasteiger partial charge in [-0.1, -0.05) is 6.07 Å². The number of carbonyl (C=O) groups is 1. The number of methoxy groups -OCH3 is 2. The molecule has 88 valence electrons. The van der Waals surface area contributed by atoms with E-state index in [1.807, 2.05) is 39.0 Å². The second-order valence-electron chi connectivity index (χ2n) is 4.30. The molecule has 0 fully saturated rings. The lowest BCUT2D eigenvalue weighted by molar-refractivity contribution is -0.146. The molecule has 0 atom stereocenters. The third-order valence-electron chi connectivity index (χ3n) is 2.80. The lowest BCUT2D eigenvalue weighted by atomic mass is 9.82. The molecular weight excluding hydrogens is 204 g/mol. The van der Waals surface area contributed by atoms with E-state index in [0.29, 0.717) is 0 Å². The molecule has 0 aromatic heterocycles. The van der Waals surface area contributed by atoms with Crippen molar-refractivity contribution >= 4 is 5.97 Å². The number of carbonyl (C=O) groups excluding carboxylic acids is 1. The summed E-state index contributed by atoms with van der Waals surface area (Å²) in [6.45, 7) is 5.67. The molecule has 0 unspecified atom stereocenters. The molecule has 1 aromatic rings. The van der Waals surface area contributed by atoms with Gasteiger partial charge in [-0.25, -0.2) is 0 Å². The lowest BCUT2D eigenvalue weighted by Crippen LogP contribution is -2.31. The summed E-state index contributed by atoms with van der Waals surface area (Å²) in [6, 6.07) is 5.68. The topological polar surface area (TPSA) is 35.5 Å². The molecule has 0 aliphatic carbocycles. The average molecular weight is 222 g/mol. The van der Waals surface area contributed by atoms with E-state index in [-0.39, 0.29) is 5.97 Å². The van der Waals surface area contributed by atoms with Crippen LogP contribution in [0.3, 0.4) is 0 Å². The van der Waals surface area contributed by atoms with Crippen LogP contribution in [0.2, 0.25) is 0 Å². The molecule has 0 N–H and O–H groups in total. The second kappa shape index (κ2) is 4.56. The van der Waals surface area contributed by atoms with Crippen molar-refractivity contribution in [3.63, 3.8) is 0 Å². The SMILES string of the molecule is COC(=O)C(C)(C)c1ccc(OC)cc1C. The van der Waals surface area contributed by atoms with Gasteiger partial charge in [-0.3, -0.25) is 4.79 Å². The normalized spacial score (nSPS) is 11.1. The van der Waals surface area contributed by atoms with Crippen LogP contribution in [-0.2, 0) is 14.9 Å². The first-order valence-electron chi connectivity index (χ1n) is 5.17. The Balaban J connectivity index is 3.18. The molecule has 0 bridgehead atoms. The molecule has 0 saturated carbocycles. The van der Waals surface area contributed by atoms with Crippen molar-refractivity contribution in [2.45, 2.75) is 26.2 Å². The highest BCUT2D eigenvalue weighted by Crippen LogP contribution is 2.29. The van der Waals surface area contributed by atoms with Crippen LogP contribution in [0.5, 0.6) is 5.75 Å². The Morgan fingerprint density at radius 1 is 1.25 bits per heavy atom. The van der Waals surface area contributed by atoms with Gasteiger partial charge in [0.1, 0.15) is 5.75 Å². The van der Waals surface area contributed by atoms with E-state index < -0.39 is 5.41 Å². The molecule has 0 aliphatic rings. The van der Waals surface area contributed by atoms with E-state index >= 15 is 0 Å². The maximum absolute atomic E-state index is 11.7. The van der Waals surface area contributed by atoms with Gasteiger partial charge < -0.3 is 9.47 Å². The monoisotopic (exact) mass is 222 g/mol. The zero-order valence-electron chi connectivity index (χ0n) is 10.5. The van der Waals surface area contributed by atoms with Gasteiger partial charge in [0.15, 0.2) is 0 Å². The standard InChI is InChI=1S/C13H18O3/c1-9-8-10(15-4)6-7-11(9)13(2,3)12(14)16-5/h6-8H,1-5H3. The molecule has 16 heavy (non-hydrogen) atoms. The van der Waals surface area contributed by atoms with Gasteiger partial charge in [0.25, 0.3) is 0 Å². The first-order chi connectivity index (χ1) is 7.43. The number of benzene rings is 1. The minimum absolute atomic E-state index is 0.235.